The Balaban J connectivity index is 2.04. The second-order valence-corrected chi connectivity index (χ2v) is 7.82. The summed E-state index contributed by atoms with van der Waals surface area (Å²) in [6.07, 6.45) is 6.73. The summed E-state index contributed by atoms with van der Waals surface area (Å²) in [4.78, 5) is 14.3. The van der Waals surface area contributed by atoms with Crippen LogP contribution in [0.15, 0.2) is 23.1 Å². The normalized spacial score (nSPS) is 20.3. The molecule has 0 unspecified atom stereocenters. The summed E-state index contributed by atoms with van der Waals surface area (Å²) in [5.41, 5.74) is 0.390. The number of amides is 2. The molecule has 1 heterocycles. The van der Waals surface area contributed by atoms with E-state index in [0.29, 0.717) is 17.5 Å². The third-order valence-electron chi connectivity index (χ3n) is 3.74. The van der Waals surface area contributed by atoms with Crippen LogP contribution in [-0.2, 0) is 10.8 Å². The maximum Gasteiger partial charge on any atom is 0.321 e. The molecule has 0 aromatic heterocycles. The van der Waals surface area contributed by atoms with Gasteiger partial charge < -0.3 is 10.2 Å². The van der Waals surface area contributed by atoms with E-state index in [1.165, 1.54) is 18.4 Å². The van der Waals surface area contributed by atoms with Gasteiger partial charge in [-0.15, -0.1) is 0 Å². The summed E-state index contributed by atoms with van der Waals surface area (Å²) in [5, 5.41) is 3.18. The van der Waals surface area contributed by atoms with Crippen LogP contribution in [0.3, 0.4) is 0 Å². The second kappa shape index (κ2) is 7.97. The molecular weight excluding hydrogens is 323 g/mol. The minimum atomic E-state index is -1.37. The zero-order chi connectivity index (χ0) is 16.1. The molecule has 2 amide bonds. The number of nitrogens with zero attached hydrogens (tertiary/aromatic N) is 1. The number of carbonyl (C=O) groups is 1. The standard InChI is InChI=1S/C15H21FN2O2S2/c1-21-12-5-3-4-8-18(10-12)15(19)17-11-6-7-14(22(2)20)13(16)9-11/h6-7,9,12H,3-5,8,10H2,1-2H3,(H,17,19)/t12-,22-/m1/s1. The number of urea groups is 1. The summed E-state index contributed by atoms with van der Waals surface area (Å²) in [6, 6.07) is 4.06. The average molecular weight is 344 g/mol. The molecule has 7 heteroatoms. The van der Waals surface area contributed by atoms with Gasteiger partial charge >= 0.3 is 6.03 Å². The first-order valence-electron chi connectivity index (χ1n) is 7.23. The number of thioether (sulfide) groups is 1. The molecule has 0 spiro atoms. The molecule has 0 saturated carbocycles. The monoisotopic (exact) mass is 344 g/mol. The van der Waals surface area contributed by atoms with Crippen LogP contribution < -0.4 is 5.32 Å². The molecule has 2 atom stereocenters. The Labute approximate surface area is 137 Å². The van der Waals surface area contributed by atoms with Crippen molar-refractivity contribution in [3.63, 3.8) is 0 Å². The van der Waals surface area contributed by atoms with Crippen molar-refractivity contribution < 1.29 is 13.4 Å². The molecule has 2 rings (SSSR count). The molecule has 1 fully saturated rings. The predicted molar refractivity (Wildman–Crippen MR) is 90.5 cm³/mol. The average Bonchev–Trinajstić information content (AvgIpc) is 2.72. The number of nitrogens with one attached hydrogen (secondary N) is 1. The summed E-state index contributed by atoms with van der Waals surface area (Å²) >= 11 is 1.78. The summed E-state index contributed by atoms with van der Waals surface area (Å²) in [5.74, 6) is -0.559. The van der Waals surface area contributed by atoms with Crippen molar-refractivity contribution >= 4 is 34.3 Å². The van der Waals surface area contributed by atoms with E-state index in [1.807, 2.05) is 0 Å². The van der Waals surface area contributed by atoms with E-state index in [-0.39, 0.29) is 10.9 Å². The van der Waals surface area contributed by atoms with Crippen molar-refractivity contribution in [2.75, 3.05) is 30.9 Å². The highest BCUT2D eigenvalue weighted by Gasteiger charge is 2.21. The number of anilines is 1. The van der Waals surface area contributed by atoms with Crippen LogP contribution in [0.1, 0.15) is 19.3 Å². The van der Waals surface area contributed by atoms with Gasteiger partial charge in [0.25, 0.3) is 0 Å². The van der Waals surface area contributed by atoms with Gasteiger partial charge in [-0.25, -0.2) is 9.18 Å². The van der Waals surface area contributed by atoms with Crippen molar-refractivity contribution in [2.24, 2.45) is 0 Å². The smallest absolute Gasteiger partial charge is 0.321 e. The topological polar surface area (TPSA) is 49.4 Å². The van der Waals surface area contributed by atoms with Gasteiger partial charge in [-0.05, 0) is 37.3 Å². The van der Waals surface area contributed by atoms with Gasteiger partial charge in [0.05, 0.1) is 15.7 Å². The summed E-state index contributed by atoms with van der Waals surface area (Å²) < 4.78 is 25.1. The predicted octanol–water partition coefficient (Wildman–Crippen LogP) is 3.31. The van der Waals surface area contributed by atoms with Crippen molar-refractivity contribution in [1.29, 1.82) is 0 Å². The Hall–Kier alpha value is -1.08. The van der Waals surface area contributed by atoms with Crippen molar-refractivity contribution in [2.45, 2.75) is 29.4 Å². The molecule has 0 bridgehead atoms. The maximum atomic E-state index is 13.8. The van der Waals surface area contributed by atoms with Crippen molar-refractivity contribution in [3.8, 4) is 0 Å². The maximum absolute atomic E-state index is 13.8. The van der Waals surface area contributed by atoms with Crippen LogP contribution >= 0.6 is 11.8 Å². The number of halogens is 1. The minimum Gasteiger partial charge on any atom is -0.323 e. The van der Waals surface area contributed by atoms with Crippen molar-refractivity contribution in [1.82, 2.24) is 4.90 Å². The number of likely N-dealkylation sites (tertiary alicyclic amines) is 1. The highest BCUT2D eigenvalue weighted by Crippen LogP contribution is 2.21. The second-order valence-electron chi connectivity index (χ2n) is 5.33. The van der Waals surface area contributed by atoms with Gasteiger partial charge in [0.15, 0.2) is 0 Å². The molecule has 1 aliphatic rings. The van der Waals surface area contributed by atoms with Gasteiger partial charge in [-0.3, -0.25) is 4.21 Å². The number of hydrogen-bond acceptors (Lipinski definition) is 3. The van der Waals surface area contributed by atoms with Gasteiger partial charge in [-0.1, -0.05) is 6.42 Å². The Bertz CT molecular complexity index is 568. The SMILES string of the molecule is CS[C@@H]1CCCCN(C(=O)Nc2ccc([S@@](C)=O)c(F)c2)C1. The molecule has 0 radical (unpaired) electrons. The Morgan fingerprint density at radius 2 is 2.23 bits per heavy atom. The number of benzene rings is 1. The van der Waals surface area contributed by atoms with E-state index in [0.717, 1.165) is 25.8 Å². The summed E-state index contributed by atoms with van der Waals surface area (Å²) in [6.45, 7) is 1.44. The number of carbonyl (C=O) groups excluding carboxylic acids is 1. The lowest BCUT2D eigenvalue weighted by molar-refractivity contribution is 0.214. The van der Waals surface area contributed by atoms with Crippen molar-refractivity contribution in [3.05, 3.63) is 24.0 Å². The third-order valence-corrected chi connectivity index (χ3v) is 5.74. The first kappa shape index (κ1) is 17.3. The Kier molecular flexibility index (Phi) is 6.26. The molecule has 1 aliphatic heterocycles. The van der Waals surface area contributed by atoms with Gasteiger partial charge in [0.2, 0.25) is 0 Å². The van der Waals surface area contributed by atoms with E-state index < -0.39 is 16.6 Å². The van der Waals surface area contributed by atoms with E-state index in [2.05, 4.69) is 11.6 Å². The molecular formula is C15H21FN2O2S2. The fraction of sp³-hybridized carbons (Fsp3) is 0.533. The molecule has 4 nitrogen and oxygen atoms in total. The lowest BCUT2D eigenvalue weighted by Crippen LogP contribution is -2.38. The van der Waals surface area contributed by atoms with E-state index in [1.54, 1.807) is 22.7 Å². The molecule has 22 heavy (non-hydrogen) atoms. The molecule has 0 aliphatic carbocycles. The van der Waals surface area contributed by atoms with Crippen LogP contribution in [0.2, 0.25) is 0 Å². The quantitative estimate of drug-likeness (QED) is 0.915. The minimum absolute atomic E-state index is 0.148. The first-order valence-corrected chi connectivity index (χ1v) is 10.1. The van der Waals surface area contributed by atoms with Crippen LogP contribution in [-0.4, -0.2) is 46.0 Å². The largest absolute Gasteiger partial charge is 0.323 e. The lowest BCUT2D eigenvalue weighted by atomic mass is 10.2. The van der Waals surface area contributed by atoms with E-state index >= 15 is 0 Å². The number of hydrogen-bond donors (Lipinski definition) is 1. The van der Waals surface area contributed by atoms with Crippen LogP contribution in [0.5, 0.6) is 0 Å². The highest BCUT2D eigenvalue weighted by molar-refractivity contribution is 7.99. The van der Waals surface area contributed by atoms with E-state index in [4.69, 9.17) is 0 Å². The highest BCUT2D eigenvalue weighted by atomic mass is 32.2. The molecule has 1 aromatic carbocycles. The third kappa shape index (κ3) is 4.46. The van der Waals surface area contributed by atoms with Crippen LogP contribution in [0.4, 0.5) is 14.9 Å². The Morgan fingerprint density at radius 1 is 1.45 bits per heavy atom. The fourth-order valence-electron chi connectivity index (χ4n) is 2.49. The molecule has 1 aromatic rings. The van der Waals surface area contributed by atoms with Gasteiger partial charge in [-0.2, -0.15) is 11.8 Å². The molecule has 122 valence electrons. The molecule has 1 saturated heterocycles. The van der Waals surface area contributed by atoms with Crippen LogP contribution in [0.25, 0.3) is 0 Å². The van der Waals surface area contributed by atoms with Crippen LogP contribution in [0, 0.1) is 5.82 Å². The lowest BCUT2D eigenvalue weighted by Gasteiger charge is -2.24. The van der Waals surface area contributed by atoms with Gasteiger partial charge in [0.1, 0.15) is 5.82 Å². The van der Waals surface area contributed by atoms with Gasteiger partial charge in [0, 0.05) is 30.3 Å². The first-order chi connectivity index (χ1) is 10.5. The Morgan fingerprint density at radius 3 is 2.86 bits per heavy atom. The number of rotatable bonds is 3. The van der Waals surface area contributed by atoms with E-state index in [9.17, 15) is 13.4 Å². The zero-order valence-electron chi connectivity index (χ0n) is 12.8. The molecule has 1 N–H and O–H groups in total. The fourth-order valence-corrected chi connectivity index (χ4v) is 3.82. The summed E-state index contributed by atoms with van der Waals surface area (Å²) in [7, 11) is -1.37. The zero-order valence-corrected chi connectivity index (χ0v) is 14.4.